The van der Waals surface area contributed by atoms with Crippen molar-refractivity contribution in [2.24, 2.45) is 24.8 Å². The molecule has 1 aromatic heterocycles. The second kappa shape index (κ2) is 5.60. The zero-order valence-electron chi connectivity index (χ0n) is 15.9. The minimum Gasteiger partial charge on any atom is -0.457 e. The first kappa shape index (κ1) is 15.7. The van der Waals surface area contributed by atoms with E-state index < -0.39 is 0 Å². The lowest BCUT2D eigenvalue weighted by atomic mass is 9.48. The van der Waals surface area contributed by atoms with E-state index in [1.807, 2.05) is 30.1 Å². The Hall–Kier alpha value is -2.29. The first-order valence-electron chi connectivity index (χ1n) is 10.4. The average Bonchev–Trinajstić information content (AvgIpc) is 3.02. The maximum Gasteiger partial charge on any atom is 0.129 e. The number of hydrogen-bond acceptors (Lipinski definition) is 2. The molecule has 1 heterocycles. The highest BCUT2D eigenvalue weighted by Gasteiger charge is 2.51. The summed E-state index contributed by atoms with van der Waals surface area (Å²) in [6.07, 6.45) is 10.6. The Kier molecular flexibility index (Phi) is 3.27. The van der Waals surface area contributed by atoms with Gasteiger partial charge in [-0.2, -0.15) is 0 Å². The number of fused-ring (bicyclic) bond motifs is 1. The number of nitrogens with zero attached hydrogens (tertiary/aromatic N) is 2. The molecule has 4 aliphatic rings. The molecule has 4 saturated carbocycles. The van der Waals surface area contributed by atoms with Gasteiger partial charge in [-0.05, 0) is 91.5 Å². The van der Waals surface area contributed by atoms with Crippen LogP contribution >= 0.6 is 0 Å². The van der Waals surface area contributed by atoms with E-state index >= 15 is 0 Å². The van der Waals surface area contributed by atoms with Gasteiger partial charge in [0.05, 0.1) is 17.4 Å². The second-order valence-electron chi connectivity index (χ2n) is 9.33. The number of ether oxygens (including phenoxy) is 1. The van der Waals surface area contributed by atoms with Crippen LogP contribution in [-0.4, -0.2) is 9.55 Å². The highest BCUT2D eigenvalue weighted by Crippen LogP contribution is 2.60. The molecule has 0 unspecified atom stereocenters. The SMILES string of the molecule is Cn1cnc2ccc(Oc3ccc(C45CC6CC(CC(C6)C4)C5)cc3)cc21. The summed E-state index contributed by atoms with van der Waals surface area (Å²) in [5.41, 5.74) is 4.11. The Morgan fingerprint density at radius 1 is 0.889 bits per heavy atom. The van der Waals surface area contributed by atoms with E-state index in [9.17, 15) is 0 Å². The van der Waals surface area contributed by atoms with Crippen LogP contribution in [0.25, 0.3) is 11.0 Å². The van der Waals surface area contributed by atoms with E-state index in [4.69, 9.17) is 4.74 Å². The van der Waals surface area contributed by atoms with Crippen molar-refractivity contribution >= 4 is 11.0 Å². The summed E-state index contributed by atoms with van der Waals surface area (Å²) >= 11 is 0. The number of benzene rings is 2. The molecule has 4 aliphatic carbocycles. The molecule has 4 bridgehead atoms. The molecule has 0 saturated heterocycles. The van der Waals surface area contributed by atoms with Crippen molar-refractivity contribution < 1.29 is 4.74 Å². The number of imidazole rings is 1. The zero-order valence-corrected chi connectivity index (χ0v) is 15.9. The van der Waals surface area contributed by atoms with Gasteiger partial charge in [0.1, 0.15) is 11.5 Å². The molecule has 3 aromatic rings. The minimum absolute atomic E-state index is 0.459. The van der Waals surface area contributed by atoms with Gasteiger partial charge in [0.2, 0.25) is 0 Å². The monoisotopic (exact) mass is 358 g/mol. The summed E-state index contributed by atoms with van der Waals surface area (Å²) in [6, 6.07) is 15.1. The first-order chi connectivity index (χ1) is 13.2. The number of hydrogen-bond donors (Lipinski definition) is 0. The molecule has 3 nitrogen and oxygen atoms in total. The molecule has 0 aliphatic heterocycles. The first-order valence-corrected chi connectivity index (χ1v) is 10.4. The van der Waals surface area contributed by atoms with Gasteiger partial charge in [0.15, 0.2) is 0 Å². The Bertz CT molecular complexity index is 966. The van der Waals surface area contributed by atoms with Crippen LogP contribution in [0.5, 0.6) is 11.5 Å². The van der Waals surface area contributed by atoms with Crippen molar-refractivity contribution in [3.05, 3.63) is 54.4 Å². The van der Waals surface area contributed by atoms with Gasteiger partial charge < -0.3 is 9.30 Å². The number of aromatic nitrogens is 2. The second-order valence-corrected chi connectivity index (χ2v) is 9.33. The minimum atomic E-state index is 0.459. The Balaban J connectivity index is 1.26. The average molecular weight is 358 g/mol. The molecule has 0 spiro atoms. The largest absolute Gasteiger partial charge is 0.457 e. The van der Waals surface area contributed by atoms with Crippen LogP contribution in [-0.2, 0) is 12.5 Å². The van der Waals surface area contributed by atoms with Crippen LogP contribution in [0, 0.1) is 17.8 Å². The fourth-order valence-corrected chi connectivity index (χ4v) is 6.65. The molecule has 0 atom stereocenters. The summed E-state index contributed by atoms with van der Waals surface area (Å²) in [4.78, 5) is 4.38. The van der Waals surface area contributed by atoms with E-state index in [-0.39, 0.29) is 0 Å². The van der Waals surface area contributed by atoms with E-state index in [1.54, 1.807) is 5.56 Å². The van der Waals surface area contributed by atoms with Gasteiger partial charge in [0.25, 0.3) is 0 Å². The van der Waals surface area contributed by atoms with Crippen molar-refractivity contribution in [1.29, 1.82) is 0 Å². The molecule has 0 radical (unpaired) electrons. The molecule has 3 heteroatoms. The van der Waals surface area contributed by atoms with Crippen LogP contribution in [0.2, 0.25) is 0 Å². The summed E-state index contributed by atoms with van der Waals surface area (Å²) in [5, 5.41) is 0. The normalized spacial score (nSPS) is 31.5. The maximum atomic E-state index is 6.14. The lowest BCUT2D eigenvalue weighted by Crippen LogP contribution is -2.48. The highest BCUT2D eigenvalue weighted by molar-refractivity contribution is 5.77. The predicted octanol–water partition coefficient (Wildman–Crippen LogP) is 5.83. The van der Waals surface area contributed by atoms with Crippen molar-refractivity contribution in [2.75, 3.05) is 0 Å². The summed E-state index contributed by atoms with van der Waals surface area (Å²) in [6.45, 7) is 0. The van der Waals surface area contributed by atoms with Crippen molar-refractivity contribution in [1.82, 2.24) is 9.55 Å². The zero-order chi connectivity index (χ0) is 18.0. The molecule has 27 heavy (non-hydrogen) atoms. The molecule has 7 rings (SSSR count). The van der Waals surface area contributed by atoms with Crippen LogP contribution in [0.1, 0.15) is 44.1 Å². The number of aryl methyl sites for hydroxylation is 1. The Morgan fingerprint density at radius 3 is 2.19 bits per heavy atom. The molecular formula is C24H26N2O. The molecule has 2 aromatic carbocycles. The van der Waals surface area contributed by atoms with Crippen LogP contribution < -0.4 is 4.74 Å². The van der Waals surface area contributed by atoms with Crippen LogP contribution in [0.15, 0.2) is 48.8 Å². The predicted molar refractivity (Wildman–Crippen MR) is 107 cm³/mol. The van der Waals surface area contributed by atoms with E-state index in [1.165, 1.54) is 38.5 Å². The Labute approximate surface area is 160 Å². The number of rotatable bonds is 3. The topological polar surface area (TPSA) is 27.1 Å². The third kappa shape index (κ3) is 2.51. The van der Waals surface area contributed by atoms with Gasteiger partial charge in [0, 0.05) is 13.1 Å². The summed E-state index contributed by atoms with van der Waals surface area (Å²) < 4.78 is 8.17. The quantitative estimate of drug-likeness (QED) is 0.589. The molecule has 4 fully saturated rings. The smallest absolute Gasteiger partial charge is 0.129 e. The maximum absolute atomic E-state index is 6.14. The van der Waals surface area contributed by atoms with Crippen molar-refractivity contribution in [3.63, 3.8) is 0 Å². The molecule has 138 valence electrons. The standard InChI is InChI=1S/C24H26N2O/c1-26-15-25-22-7-6-21(11-23(22)26)27-20-4-2-19(3-5-20)24-12-16-8-17(13-24)10-18(9-16)14-24/h2-7,11,15-18H,8-10,12-14H2,1H3. The third-order valence-corrected chi connectivity index (χ3v) is 7.44. The van der Waals surface area contributed by atoms with E-state index in [0.717, 1.165) is 40.3 Å². The molecular weight excluding hydrogens is 332 g/mol. The fourth-order valence-electron chi connectivity index (χ4n) is 6.65. The Morgan fingerprint density at radius 2 is 1.52 bits per heavy atom. The van der Waals surface area contributed by atoms with Gasteiger partial charge >= 0.3 is 0 Å². The lowest BCUT2D eigenvalue weighted by molar-refractivity contribution is -0.00519. The van der Waals surface area contributed by atoms with Crippen LogP contribution in [0.3, 0.4) is 0 Å². The van der Waals surface area contributed by atoms with Gasteiger partial charge in [-0.1, -0.05) is 12.1 Å². The van der Waals surface area contributed by atoms with Gasteiger partial charge in [-0.15, -0.1) is 0 Å². The van der Waals surface area contributed by atoms with Crippen LogP contribution in [0.4, 0.5) is 0 Å². The highest BCUT2D eigenvalue weighted by atomic mass is 16.5. The molecule has 0 amide bonds. The van der Waals surface area contributed by atoms with Crippen molar-refractivity contribution in [3.8, 4) is 11.5 Å². The summed E-state index contributed by atoms with van der Waals surface area (Å²) in [7, 11) is 2.01. The van der Waals surface area contributed by atoms with E-state index in [2.05, 4.69) is 35.3 Å². The van der Waals surface area contributed by atoms with Gasteiger partial charge in [-0.3, -0.25) is 0 Å². The third-order valence-electron chi connectivity index (χ3n) is 7.44. The van der Waals surface area contributed by atoms with Crippen molar-refractivity contribution in [2.45, 2.75) is 43.9 Å². The lowest BCUT2D eigenvalue weighted by Gasteiger charge is -2.57. The fraction of sp³-hybridized carbons (Fsp3) is 0.458. The van der Waals surface area contributed by atoms with E-state index in [0.29, 0.717) is 5.41 Å². The molecule has 0 N–H and O–H groups in total. The van der Waals surface area contributed by atoms with Gasteiger partial charge in [-0.25, -0.2) is 4.98 Å². The summed E-state index contributed by atoms with van der Waals surface area (Å²) in [5.74, 6) is 4.74.